The molecule has 0 radical (unpaired) electrons. The second-order valence-electron chi connectivity index (χ2n) is 3.47. The Morgan fingerprint density at radius 1 is 1.65 bits per heavy atom. The van der Waals surface area contributed by atoms with Crippen molar-refractivity contribution in [1.29, 1.82) is 0 Å². The van der Waals surface area contributed by atoms with E-state index in [4.69, 9.17) is 18.0 Å². The monoisotopic (exact) mass is 318 g/mol. The van der Waals surface area contributed by atoms with Gasteiger partial charge in [-0.2, -0.15) is 0 Å². The Kier molecular flexibility index (Phi) is 5.02. The number of hydrogen-bond donors (Lipinski definition) is 2. The molecule has 92 valence electrons. The van der Waals surface area contributed by atoms with Crippen LogP contribution in [-0.4, -0.2) is 16.9 Å². The molecule has 17 heavy (non-hydrogen) atoms. The molecule has 1 rings (SSSR count). The summed E-state index contributed by atoms with van der Waals surface area (Å²) in [5, 5.41) is 2.68. The predicted octanol–water partition coefficient (Wildman–Crippen LogP) is 2.38. The van der Waals surface area contributed by atoms with Crippen molar-refractivity contribution in [2.75, 3.05) is 0 Å². The number of halogens is 2. The standard InChI is InChI=1S/C11H12BrFN2OS/c1-2-9(10(14)17)15-11(16)6-3-4-8(13)7(12)5-6/h3-5,9H,2H2,1H3,(H2,14,17)(H,15,16). The number of amides is 1. The second kappa shape index (κ2) is 6.07. The lowest BCUT2D eigenvalue weighted by Crippen LogP contribution is -2.43. The minimum atomic E-state index is -0.414. The highest BCUT2D eigenvalue weighted by molar-refractivity contribution is 9.10. The van der Waals surface area contributed by atoms with E-state index < -0.39 is 5.82 Å². The highest BCUT2D eigenvalue weighted by atomic mass is 79.9. The van der Waals surface area contributed by atoms with E-state index in [2.05, 4.69) is 21.2 Å². The molecule has 1 unspecified atom stereocenters. The Labute approximate surface area is 113 Å². The summed E-state index contributed by atoms with van der Waals surface area (Å²) in [5.41, 5.74) is 5.83. The first-order chi connectivity index (χ1) is 7.95. The number of benzene rings is 1. The van der Waals surface area contributed by atoms with Crippen molar-refractivity contribution in [3.05, 3.63) is 34.1 Å². The zero-order valence-corrected chi connectivity index (χ0v) is 11.6. The fourth-order valence-electron chi connectivity index (χ4n) is 1.25. The molecule has 0 aliphatic carbocycles. The molecule has 0 aliphatic rings. The Balaban J connectivity index is 2.82. The minimum Gasteiger partial charge on any atom is -0.392 e. The summed E-state index contributed by atoms with van der Waals surface area (Å²) < 4.78 is 13.2. The predicted molar refractivity (Wildman–Crippen MR) is 72.4 cm³/mol. The molecule has 3 N–H and O–H groups in total. The number of nitrogens with two attached hydrogens (primary N) is 1. The number of thiocarbonyl (C=S) groups is 1. The molecule has 0 aromatic heterocycles. The van der Waals surface area contributed by atoms with Crippen LogP contribution in [0.1, 0.15) is 23.7 Å². The van der Waals surface area contributed by atoms with Gasteiger partial charge in [0.1, 0.15) is 5.82 Å². The molecule has 1 aromatic rings. The fraction of sp³-hybridized carbons (Fsp3) is 0.273. The molecule has 1 atom stereocenters. The molecule has 0 heterocycles. The number of hydrogen-bond acceptors (Lipinski definition) is 2. The zero-order chi connectivity index (χ0) is 13.0. The summed E-state index contributed by atoms with van der Waals surface area (Å²) in [6.45, 7) is 1.87. The molecule has 1 amide bonds. The highest BCUT2D eigenvalue weighted by Gasteiger charge is 2.15. The van der Waals surface area contributed by atoms with Gasteiger partial charge in [-0.15, -0.1) is 0 Å². The van der Waals surface area contributed by atoms with Crippen LogP contribution in [0.15, 0.2) is 22.7 Å². The molecule has 0 bridgehead atoms. The first kappa shape index (κ1) is 14.1. The number of nitrogens with one attached hydrogen (secondary N) is 1. The normalized spacial score (nSPS) is 11.9. The van der Waals surface area contributed by atoms with E-state index in [1.165, 1.54) is 18.2 Å². The van der Waals surface area contributed by atoms with Gasteiger partial charge in [0, 0.05) is 5.56 Å². The largest absolute Gasteiger partial charge is 0.392 e. The van der Waals surface area contributed by atoms with Crippen molar-refractivity contribution in [1.82, 2.24) is 5.32 Å². The van der Waals surface area contributed by atoms with E-state index in [9.17, 15) is 9.18 Å². The fourth-order valence-corrected chi connectivity index (χ4v) is 1.86. The van der Waals surface area contributed by atoms with Gasteiger partial charge in [0.25, 0.3) is 5.91 Å². The lowest BCUT2D eigenvalue weighted by molar-refractivity contribution is 0.0946. The maximum absolute atomic E-state index is 13.0. The third kappa shape index (κ3) is 3.74. The Bertz CT molecular complexity index is 453. The SMILES string of the molecule is CCC(NC(=O)c1ccc(F)c(Br)c1)C(N)=S. The summed E-state index contributed by atoms with van der Waals surface area (Å²) in [6, 6.07) is 3.70. The van der Waals surface area contributed by atoms with E-state index in [1.807, 2.05) is 6.92 Å². The van der Waals surface area contributed by atoms with Crippen molar-refractivity contribution < 1.29 is 9.18 Å². The maximum atomic E-state index is 13.0. The van der Waals surface area contributed by atoms with E-state index in [0.29, 0.717) is 12.0 Å². The van der Waals surface area contributed by atoms with Crippen molar-refractivity contribution in [2.24, 2.45) is 5.73 Å². The third-order valence-electron chi connectivity index (χ3n) is 2.24. The van der Waals surface area contributed by atoms with Crippen LogP contribution in [0.4, 0.5) is 4.39 Å². The first-order valence-electron chi connectivity index (χ1n) is 5.01. The van der Waals surface area contributed by atoms with Gasteiger partial charge in [-0.05, 0) is 40.5 Å². The van der Waals surface area contributed by atoms with Crippen LogP contribution in [0, 0.1) is 5.82 Å². The summed E-state index contributed by atoms with van der Waals surface area (Å²) in [5.74, 6) is -0.742. The van der Waals surface area contributed by atoms with Gasteiger partial charge in [-0.25, -0.2) is 4.39 Å². The van der Waals surface area contributed by atoms with Crippen molar-refractivity contribution in [2.45, 2.75) is 19.4 Å². The van der Waals surface area contributed by atoms with E-state index >= 15 is 0 Å². The Hall–Kier alpha value is -1.01. The van der Waals surface area contributed by atoms with Gasteiger partial charge in [-0.3, -0.25) is 4.79 Å². The zero-order valence-electron chi connectivity index (χ0n) is 9.17. The Morgan fingerprint density at radius 3 is 2.76 bits per heavy atom. The van der Waals surface area contributed by atoms with E-state index in [1.54, 1.807) is 0 Å². The first-order valence-corrected chi connectivity index (χ1v) is 6.21. The van der Waals surface area contributed by atoms with Gasteiger partial charge in [0.05, 0.1) is 15.5 Å². The number of carbonyl (C=O) groups excluding carboxylic acids is 1. The van der Waals surface area contributed by atoms with Crippen LogP contribution in [0.5, 0.6) is 0 Å². The molecular weight excluding hydrogens is 307 g/mol. The van der Waals surface area contributed by atoms with Crippen LogP contribution in [0.2, 0.25) is 0 Å². The van der Waals surface area contributed by atoms with Gasteiger partial charge < -0.3 is 11.1 Å². The van der Waals surface area contributed by atoms with Gasteiger partial charge in [0.15, 0.2) is 0 Å². The molecule has 3 nitrogen and oxygen atoms in total. The second-order valence-corrected chi connectivity index (χ2v) is 4.79. The molecular formula is C11H12BrFN2OS. The summed E-state index contributed by atoms with van der Waals surface area (Å²) in [4.78, 5) is 12.1. The van der Waals surface area contributed by atoms with Crippen molar-refractivity contribution in [3.8, 4) is 0 Å². The molecule has 1 aromatic carbocycles. The third-order valence-corrected chi connectivity index (χ3v) is 3.13. The lowest BCUT2D eigenvalue weighted by atomic mass is 10.1. The van der Waals surface area contributed by atoms with Crippen LogP contribution in [0.3, 0.4) is 0 Å². The molecule has 0 spiro atoms. The smallest absolute Gasteiger partial charge is 0.251 e. The molecule has 6 heteroatoms. The lowest BCUT2D eigenvalue weighted by Gasteiger charge is -2.15. The summed E-state index contributed by atoms with van der Waals surface area (Å²) >= 11 is 7.85. The van der Waals surface area contributed by atoms with Crippen molar-refractivity contribution >= 4 is 39.0 Å². The summed E-state index contributed by atoms with van der Waals surface area (Å²) in [6.07, 6.45) is 0.615. The van der Waals surface area contributed by atoms with E-state index in [0.717, 1.165) is 0 Å². The van der Waals surface area contributed by atoms with Gasteiger partial charge in [0.2, 0.25) is 0 Å². The minimum absolute atomic E-state index is 0.238. The highest BCUT2D eigenvalue weighted by Crippen LogP contribution is 2.16. The molecule has 0 fully saturated rings. The maximum Gasteiger partial charge on any atom is 0.251 e. The number of rotatable bonds is 4. The topological polar surface area (TPSA) is 55.1 Å². The van der Waals surface area contributed by atoms with Crippen LogP contribution in [0.25, 0.3) is 0 Å². The number of carbonyl (C=O) groups is 1. The quantitative estimate of drug-likeness (QED) is 0.838. The average molecular weight is 319 g/mol. The van der Waals surface area contributed by atoms with Gasteiger partial charge >= 0.3 is 0 Å². The summed E-state index contributed by atoms with van der Waals surface area (Å²) in [7, 11) is 0. The Morgan fingerprint density at radius 2 is 2.29 bits per heavy atom. The van der Waals surface area contributed by atoms with Crippen LogP contribution in [-0.2, 0) is 0 Å². The van der Waals surface area contributed by atoms with Crippen molar-refractivity contribution in [3.63, 3.8) is 0 Å². The average Bonchev–Trinajstić information content (AvgIpc) is 2.28. The molecule has 0 aliphatic heterocycles. The van der Waals surface area contributed by atoms with Crippen LogP contribution < -0.4 is 11.1 Å². The van der Waals surface area contributed by atoms with E-state index in [-0.39, 0.29) is 21.4 Å². The molecule has 0 saturated heterocycles. The van der Waals surface area contributed by atoms with Gasteiger partial charge in [-0.1, -0.05) is 19.1 Å². The molecule has 0 saturated carbocycles. The van der Waals surface area contributed by atoms with Crippen LogP contribution >= 0.6 is 28.1 Å².